The first-order valence-electron chi connectivity index (χ1n) is 4.28. The SMILES string of the molecule is Cc1ccn2c(C(=O)O)cnc2c1C.Cl. The number of hydrogen-bond acceptors (Lipinski definition) is 2. The maximum atomic E-state index is 10.8. The molecule has 0 spiro atoms. The minimum Gasteiger partial charge on any atom is -0.477 e. The highest BCUT2D eigenvalue weighted by Gasteiger charge is 2.11. The van der Waals surface area contributed by atoms with Crippen LogP contribution in [0.25, 0.3) is 5.65 Å². The molecule has 2 heterocycles. The monoisotopic (exact) mass is 226 g/mol. The van der Waals surface area contributed by atoms with Crippen LogP contribution in [0, 0.1) is 13.8 Å². The van der Waals surface area contributed by atoms with Gasteiger partial charge in [-0.15, -0.1) is 12.4 Å². The van der Waals surface area contributed by atoms with E-state index < -0.39 is 5.97 Å². The van der Waals surface area contributed by atoms with Crippen LogP contribution in [0.2, 0.25) is 0 Å². The molecule has 0 unspecified atom stereocenters. The van der Waals surface area contributed by atoms with Crippen LogP contribution < -0.4 is 0 Å². The lowest BCUT2D eigenvalue weighted by atomic mass is 10.2. The molecule has 0 atom stereocenters. The summed E-state index contributed by atoms with van der Waals surface area (Å²) in [4.78, 5) is 14.9. The summed E-state index contributed by atoms with van der Waals surface area (Å²) in [7, 11) is 0. The van der Waals surface area contributed by atoms with Crippen LogP contribution in [0.3, 0.4) is 0 Å². The average Bonchev–Trinajstić information content (AvgIpc) is 2.55. The number of halogens is 1. The lowest BCUT2D eigenvalue weighted by molar-refractivity contribution is 0.0689. The standard InChI is InChI=1S/C10H10N2O2.ClH/c1-6-3-4-12-8(10(13)14)5-11-9(12)7(6)2;/h3-5H,1-2H3,(H,13,14);1H. The summed E-state index contributed by atoms with van der Waals surface area (Å²) >= 11 is 0. The van der Waals surface area contributed by atoms with Crippen molar-refractivity contribution in [2.24, 2.45) is 0 Å². The predicted octanol–water partition coefficient (Wildman–Crippen LogP) is 2.07. The van der Waals surface area contributed by atoms with E-state index in [0.717, 1.165) is 11.1 Å². The molecule has 2 aromatic rings. The molecule has 5 heteroatoms. The van der Waals surface area contributed by atoms with Gasteiger partial charge in [-0.1, -0.05) is 0 Å². The van der Waals surface area contributed by atoms with Gasteiger partial charge in [0, 0.05) is 6.20 Å². The molecular formula is C10H11ClN2O2. The Kier molecular flexibility index (Phi) is 3.00. The summed E-state index contributed by atoms with van der Waals surface area (Å²) < 4.78 is 1.59. The van der Waals surface area contributed by atoms with Crippen molar-refractivity contribution in [2.45, 2.75) is 13.8 Å². The highest BCUT2D eigenvalue weighted by atomic mass is 35.5. The van der Waals surface area contributed by atoms with Gasteiger partial charge in [0.1, 0.15) is 5.65 Å². The van der Waals surface area contributed by atoms with E-state index in [0.29, 0.717) is 5.65 Å². The van der Waals surface area contributed by atoms with Gasteiger partial charge in [-0.2, -0.15) is 0 Å². The fourth-order valence-electron chi connectivity index (χ4n) is 1.44. The molecule has 0 saturated heterocycles. The highest BCUT2D eigenvalue weighted by Crippen LogP contribution is 2.14. The Morgan fingerprint density at radius 2 is 2.13 bits per heavy atom. The van der Waals surface area contributed by atoms with Crippen molar-refractivity contribution in [2.75, 3.05) is 0 Å². The van der Waals surface area contributed by atoms with Gasteiger partial charge >= 0.3 is 5.97 Å². The van der Waals surface area contributed by atoms with E-state index in [-0.39, 0.29) is 18.1 Å². The Hall–Kier alpha value is -1.55. The first-order valence-corrected chi connectivity index (χ1v) is 4.28. The Morgan fingerprint density at radius 3 is 2.73 bits per heavy atom. The molecule has 0 aromatic carbocycles. The fourth-order valence-corrected chi connectivity index (χ4v) is 1.44. The third-order valence-corrected chi connectivity index (χ3v) is 2.42. The average molecular weight is 227 g/mol. The molecule has 80 valence electrons. The molecule has 0 radical (unpaired) electrons. The second-order valence-corrected chi connectivity index (χ2v) is 3.27. The zero-order chi connectivity index (χ0) is 10.3. The van der Waals surface area contributed by atoms with Gasteiger partial charge in [0.15, 0.2) is 5.69 Å². The van der Waals surface area contributed by atoms with Crippen molar-refractivity contribution < 1.29 is 9.90 Å². The summed E-state index contributed by atoms with van der Waals surface area (Å²) in [5.74, 6) is -0.958. The third kappa shape index (κ3) is 1.68. The van der Waals surface area contributed by atoms with Crippen molar-refractivity contribution in [1.82, 2.24) is 9.38 Å². The van der Waals surface area contributed by atoms with E-state index in [4.69, 9.17) is 5.11 Å². The van der Waals surface area contributed by atoms with E-state index in [1.54, 1.807) is 10.6 Å². The van der Waals surface area contributed by atoms with E-state index in [1.807, 2.05) is 19.9 Å². The number of aromatic carboxylic acids is 1. The molecule has 0 bridgehead atoms. The number of nitrogens with zero attached hydrogens (tertiary/aromatic N) is 2. The molecule has 0 fully saturated rings. The van der Waals surface area contributed by atoms with Crippen LogP contribution in [-0.2, 0) is 0 Å². The first-order chi connectivity index (χ1) is 6.61. The Morgan fingerprint density at radius 1 is 1.47 bits per heavy atom. The van der Waals surface area contributed by atoms with E-state index in [2.05, 4.69) is 4.98 Å². The summed E-state index contributed by atoms with van der Waals surface area (Å²) in [5.41, 5.74) is 3.03. The van der Waals surface area contributed by atoms with E-state index in [1.165, 1.54) is 6.20 Å². The van der Waals surface area contributed by atoms with Crippen LogP contribution in [0.15, 0.2) is 18.5 Å². The number of rotatable bonds is 1. The summed E-state index contributed by atoms with van der Waals surface area (Å²) in [6, 6.07) is 1.89. The number of carboxylic acids is 1. The number of aromatic nitrogens is 2. The Balaban J connectivity index is 0.00000112. The molecule has 0 aliphatic heterocycles. The lowest BCUT2D eigenvalue weighted by Crippen LogP contribution is -2.02. The minimum absolute atomic E-state index is 0. The van der Waals surface area contributed by atoms with Crippen molar-refractivity contribution in [3.05, 3.63) is 35.3 Å². The normalized spacial score (nSPS) is 10.0. The molecule has 4 nitrogen and oxygen atoms in total. The van der Waals surface area contributed by atoms with Gasteiger partial charge in [-0.3, -0.25) is 4.40 Å². The predicted molar refractivity (Wildman–Crippen MR) is 58.9 cm³/mol. The molecule has 0 saturated carbocycles. The fraction of sp³-hybridized carbons (Fsp3) is 0.200. The van der Waals surface area contributed by atoms with Gasteiger partial charge in [-0.05, 0) is 31.0 Å². The number of carboxylic acid groups (broad SMARTS) is 1. The van der Waals surface area contributed by atoms with E-state index in [9.17, 15) is 4.79 Å². The molecule has 0 aliphatic rings. The van der Waals surface area contributed by atoms with Gasteiger partial charge in [0.2, 0.25) is 0 Å². The molecule has 1 N–H and O–H groups in total. The number of imidazole rings is 1. The van der Waals surface area contributed by atoms with Crippen molar-refractivity contribution in [3.8, 4) is 0 Å². The van der Waals surface area contributed by atoms with Crippen molar-refractivity contribution >= 4 is 24.0 Å². The summed E-state index contributed by atoms with van der Waals surface area (Å²) in [5, 5.41) is 8.87. The number of fused-ring (bicyclic) bond motifs is 1. The summed E-state index contributed by atoms with van der Waals surface area (Å²) in [6.45, 7) is 3.91. The topological polar surface area (TPSA) is 54.6 Å². The van der Waals surface area contributed by atoms with Gasteiger partial charge in [0.25, 0.3) is 0 Å². The van der Waals surface area contributed by atoms with Crippen molar-refractivity contribution in [3.63, 3.8) is 0 Å². The maximum absolute atomic E-state index is 10.8. The number of hydrogen-bond donors (Lipinski definition) is 1. The molecule has 0 aliphatic carbocycles. The Bertz CT molecular complexity index is 519. The zero-order valence-corrected chi connectivity index (χ0v) is 9.21. The summed E-state index contributed by atoms with van der Waals surface area (Å²) in [6.07, 6.45) is 3.11. The van der Waals surface area contributed by atoms with Crippen LogP contribution >= 0.6 is 12.4 Å². The highest BCUT2D eigenvalue weighted by molar-refractivity contribution is 5.86. The number of pyridine rings is 1. The molecular weight excluding hydrogens is 216 g/mol. The quantitative estimate of drug-likeness (QED) is 0.810. The number of carbonyl (C=O) groups is 1. The molecule has 0 amide bonds. The minimum atomic E-state index is -0.958. The van der Waals surface area contributed by atoms with Gasteiger partial charge in [0.05, 0.1) is 6.20 Å². The zero-order valence-electron chi connectivity index (χ0n) is 8.39. The van der Waals surface area contributed by atoms with Crippen molar-refractivity contribution in [1.29, 1.82) is 0 Å². The van der Waals surface area contributed by atoms with Crippen LogP contribution in [0.4, 0.5) is 0 Å². The maximum Gasteiger partial charge on any atom is 0.354 e. The molecule has 2 aromatic heterocycles. The van der Waals surface area contributed by atoms with Gasteiger partial charge < -0.3 is 5.11 Å². The second kappa shape index (κ2) is 3.90. The van der Waals surface area contributed by atoms with Crippen LogP contribution in [-0.4, -0.2) is 20.5 Å². The largest absolute Gasteiger partial charge is 0.477 e. The van der Waals surface area contributed by atoms with Crippen LogP contribution in [0.5, 0.6) is 0 Å². The Labute approximate surface area is 93.0 Å². The number of aryl methyl sites for hydroxylation is 2. The molecule has 15 heavy (non-hydrogen) atoms. The first kappa shape index (κ1) is 11.5. The smallest absolute Gasteiger partial charge is 0.354 e. The lowest BCUT2D eigenvalue weighted by Gasteiger charge is -2.02. The van der Waals surface area contributed by atoms with Gasteiger partial charge in [-0.25, -0.2) is 9.78 Å². The third-order valence-electron chi connectivity index (χ3n) is 2.42. The van der Waals surface area contributed by atoms with Crippen LogP contribution in [0.1, 0.15) is 21.6 Å². The molecule has 2 rings (SSSR count). The second-order valence-electron chi connectivity index (χ2n) is 3.27. The van der Waals surface area contributed by atoms with E-state index >= 15 is 0 Å².